The van der Waals surface area contributed by atoms with Crippen LogP contribution in [-0.2, 0) is 5.41 Å². The molecule has 1 unspecified atom stereocenters. The molecule has 1 aromatic rings. The molecule has 0 saturated carbocycles. The predicted octanol–water partition coefficient (Wildman–Crippen LogP) is 4.28. The first kappa shape index (κ1) is 11.4. The average molecular weight is 242 g/mol. The maximum absolute atomic E-state index is 5.93. The molecule has 0 aromatic heterocycles. The molecule has 1 saturated heterocycles. The van der Waals surface area contributed by atoms with E-state index in [0.717, 1.165) is 5.02 Å². The summed E-state index contributed by atoms with van der Waals surface area (Å²) in [7, 11) is -0.625. The summed E-state index contributed by atoms with van der Waals surface area (Å²) < 4.78 is 0. The fraction of sp³-hybridized carbons (Fsp3) is 0.538. The standard InChI is InChI=1S/C13H19ClP/c1-13(8-9-15(2,3)10-13)11-4-6-12(14)7-5-11/h4-7H,8-10H2,1-3H3/q+1. The Hall–Kier alpha value is -0.0600. The van der Waals surface area contributed by atoms with Crippen LogP contribution in [0, 0.1) is 0 Å². The van der Waals surface area contributed by atoms with Crippen LogP contribution in [0.4, 0.5) is 0 Å². The van der Waals surface area contributed by atoms with E-state index in [4.69, 9.17) is 11.6 Å². The Morgan fingerprint density at radius 3 is 2.27 bits per heavy atom. The molecule has 1 fully saturated rings. The Kier molecular flexibility index (Phi) is 2.86. The topological polar surface area (TPSA) is 0 Å². The summed E-state index contributed by atoms with van der Waals surface area (Å²) in [6.45, 7) is 7.37. The fourth-order valence-electron chi connectivity index (χ4n) is 2.74. The van der Waals surface area contributed by atoms with Gasteiger partial charge in [0.15, 0.2) is 0 Å². The molecule has 0 spiro atoms. The molecule has 1 heterocycles. The molecule has 2 heteroatoms. The van der Waals surface area contributed by atoms with Gasteiger partial charge in [-0.1, -0.05) is 30.7 Å². The Labute approximate surface area is 98.4 Å². The second-order valence-corrected chi connectivity index (χ2v) is 10.7. The van der Waals surface area contributed by atoms with E-state index in [1.165, 1.54) is 24.3 Å². The van der Waals surface area contributed by atoms with E-state index in [1.807, 2.05) is 12.1 Å². The largest absolute Gasteiger partial charge is 0.0843 e. The minimum atomic E-state index is -0.625. The van der Waals surface area contributed by atoms with Crippen molar-refractivity contribution in [1.29, 1.82) is 0 Å². The highest BCUT2D eigenvalue weighted by molar-refractivity contribution is 7.74. The highest BCUT2D eigenvalue weighted by Crippen LogP contribution is 2.63. The third-order valence-electron chi connectivity index (χ3n) is 3.59. The molecule has 0 amide bonds. The number of hydrogen-bond donors (Lipinski definition) is 0. The van der Waals surface area contributed by atoms with Crippen LogP contribution < -0.4 is 0 Å². The number of halogens is 1. The number of hydrogen-bond acceptors (Lipinski definition) is 0. The average Bonchev–Trinajstić information content (AvgIpc) is 2.43. The second-order valence-electron chi connectivity index (χ2n) is 5.64. The van der Waals surface area contributed by atoms with E-state index in [2.05, 4.69) is 32.4 Å². The molecule has 0 bridgehead atoms. The molecule has 0 nitrogen and oxygen atoms in total. The van der Waals surface area contributed by atoms with E-state index >= 15 is 0 Å². The molecule has 2 rings (SSSR count). The van der Waals surface area contributed by atoms with Gasteiger partial charge in [-0.2, -0.15) is 0 Å². The van der Waals surface area contributed by atoms with Crippen molar-refractivity contribution >= 4 is 18.9 Å². The van der Waals surface area contributed by atoms with Crippen LogP contribution in [0.2, 0.25) is 5.02 Å². The van der Waals surface area contributed by atoms with Gasteiger partial charge in [0.1, 0.15) is 0 Å². The Morgan fingerprint density at radius 1 is 1.20 bits per heavy atom. The smallest absolute Gasteiger partial charge is 0.0684 e. The van der Waals surface area contributed by atoms with Crippen LogP contribution in [0.5, 0.6) is 0 Å². The first-order valence-corrected chi connectivity index (χ1v) is 8.93. The zero-order valence-electron chi connectivity index (χ0n) is 9.76. The summed E-state index contributed by atoms with van der Waals surface area (Å²) in [4.78, 5) is 0. The highest BCUT2D eigenvalue weighted by Gasteiger charge is 2.46. The lowest BCUT2D eigenvalue weighted by molar-refractivity contribution is 0.540. The Bertz CT molecular complexity index is 355. The summed E-state index contributed by atoms with van der Waals surface area (Å²) >= 11 is 5.93. The van der Waals surface area contributed by atoms with Crippen molar-refractivity contribution in [3.8, 4) is 0 Å². The first-order chi connectivity index (χ1) is 6.91. The van der Waals surface area contributed by atoms with Crippen LogP contribution in [-0.4, -0.2) is 25.7 Å². The highest BCUT2D eigenvalue weighted by atomic mass is 35.5. The summed E-state index contributed by atoms with van der Waals surface area (Å²) in [5.41, 5.74) is 1.87. The van der Waals surface area contributed by atoms with Gasteiger partial charge in [-0.3, -0.25) is 0 Å². The van der Waals surface area contributed by atoms with Crippen molar-refractivity contribution in [2.45, 2.75) is 18.8 Å². The number of benzene rings is 1. The van der Waals surface area contributed by atoms with Gasteiger partial charge in [0, 0.05) is 31.0 Å². The summed E-state index contributed by atoms with van der Waals surface area (Å²) in [6.07, 6.45) is 4.17. The van der Waals surface area contributed by atoms with Crippen LogP contribution in [0.1, 0.15) is 18.9 Å². The molecule has 82 valence electrons. The Balaban J connectivity index is 2.27. The van der Waals surface area contributed by atoms with Crippen LogP contribution in [0.15, 0.2) is 24.3 Å². The predicted molar refractivity (Wildman–Crippen MR) is 71.9 cm³/mol. The van der Waals surface area contributed by atoms with Gasteiger partial charge in [0.05, 0.1) is 12.3 Å². The summed E-state index contributed by atoms with van der Waals surface area (Å²) in [5, 5.41) is 0.842. The molecule has 15 heavy (non-hydrogen) atoms. The zero-order chi connectivity index (χ0) is 11.1. The van der Waals surface area contributed by atoms with Crippen molar-refractivity contribution in [3.05, 3.63) is 34.9 Å². The third kappa shape index (κ3) is 2.37. The van der Waals surface area contributed by atoms with Gasteiger partial charge >= 0.3 is 0 Å². The molecular formula is C13H19ClP+. The lowest BCUT2D eigenvalue weighted by Crippen LogP contribution is -2.21. The maximum Gasteiger partial charge on any atom is 0.0684 e. The van der Waals surface area contributed by atoms with Crippen molar-refractivity contribution < 1.29 is 0 Å². The number of rotatable bonds is 1. The van der Waals surface area contributed by atoms with E-state index in [1.54, 1.807) is 0 Å². The molecule has 0 aliphatic carbocycles. The van der Waals surface area contributed by atoms with Gasteiger partial charge in [-0.05, 0) is 24.1 Å². The van der Waals surface area contributed by atoms with Crippen molar-refractivity contribution in [2.24, 2.45) is 0 Å². The normalized spacial score (nSPS) is 29.3. The Morgan fingerprint density at radius 2 is 1.80 bits per heavy atom. The SMILES string of the molecule is CC1(c2ccc(Cl)cc2)CC[P+](C)(C)C1. The van der Waals surface area contributed by atoms with Crippen molar-refractivity contribution in [2.75, 3.05) is 25.7 Å². The molecule has 1 aliphatic rings. The molecule has 1 aromatic carbocycles. The minimum absolute atomic E-state index is 0.405. The molecule has 0 N–H and O–H groups in total. The molecule has 1 atom stereocenters. The quantitative estimate of drug-likeness (QED) is 0.644. The van der Waals surface area contributed by atoms with E-state index in [0.29, 0.717) is 5.41 Å². The summed E-state index contributed by atoms with van der Waals surface area (Å²) in [6, 6.07) is 8.44. The first-order valence-electron chi connectivity index (χ1n) is 5.49. The lowest BCUT2D eigenvalue weighted by atomic mass is 9.82. The van der Waals surface area contributed by atoms with Crippen molar-refractivity contribution in [1.82, 2.24) is 0 Å². The second kappa shape index (κ2) is 3.75. The van der Waals surface area contributed by atoms with Gasteiger partial charge in [0.2, 0.25) is 0 Å². The van der Waals surface area contributed by atoms with Crippen LogP contribution >= 0.6 is 18.9 Å². The zero-order valence-corrected chi connectivity index (χ0v) is 11.4. The minimum Gasteiger partial charge on any atom is -0.0843 e. The van der Waals surface area contributed by atoms with Gasteiger partial charge in [-0.15, -0.1) is 0 Å². The van der Waals surface area contributed by atoms with Gasteiger partial charge in [-0.25, -0.2) is 0 Å². The van der Waals surface area contributed by atoms with Crippen molar-refractivity contribution in [3.63, 3.8) is 0 Å². The maximum atomic E-state index is 5.93. The fourth-order valence-corrected chi connectivity index (χ4v) is 6.35. The third-order valence-corrected chi connectivity index (χ3v) is 6.83. The molecule has 1 aliphatic heterocycles. The van der Waals surface area contributed by atoms with Crippen LogP contribution in [0.25, 0.3) is 0 Å². The van der Waals surface area contributed by atoms with Gasteiger partial charge < -0.3 is 0 Å². The summed E-state index contributed by atoms with van der Waals surface area (Å²) in [5.74, 6) is 0. The van der Waals surface area contributed by atoms with E-state index < -0.39 is 7.26 Å². The van der Waals surface area contributed by atoms with Gasteiger partial charge in [0.25, 0.3) is 0 Å². The van der Waals surface area contributed by atoms with E-state index in [-0.39, 0.29) is 0 Å². The van der Waals surface area contributed by atoms with Crippen LogP contribution in [0.3, 0.4) is 0 Å². The molecule has 0 radical (unpaired) electrons. The lowest BCUT2D eigenvalue weighted by Gasteiger charge is -2.23. The monoisotopic (exact) mass is 241 g/mol. The molecular weight excluding hydrogens is 223 g/mol. The van der Waals surface area contributed by atoms with E-state index in [9.17, 15) is 0 Å².